The Morgan fingerprint density at radius 3 is 2.47 bits per heavy atom. The summed E-state index contributed by atoms with van der Waals surface area (Å²) in [6, 6.07) is 12.5. The van der Waals surface area contributed by atoms with E-state index in [9.17, 15) is 9.18 Å². The lowest BCUT2D eigenvalue weighted by molar-refractivity contribution is 0.258. The first kappa shape index (κ1) is 12.9. The normalized spacial score (nSPS) is 10.0. The van der Waals surface area contributed by atoms with Crippen molar-refractivity contribution in [2.45, 2.75) is 0 Å². The molecule has 2 amide bonds. The van der Waals surface area contributed by atoms with Crippen LogP contribution >= 0.6 is 0 Å². The number of nitrogen functional groups attached to an aromatic ring is 1. The van der Waals surface area contributed by atoms with E-state index in [2.05, 4.69) is 5.32 Å². The number of halogens is 1. The Morgan fingerprint density at radius 2 is 1.79 bits per heavy atom. The van der Waals surface area contributed by atoms with Gasteiger partial charge in [0.15, 0.2) is 0 Å². The Kier molecular flexibility index (Phi) is 3.66. The van der Waals surface area contributed by atoms with Gasteiger partial charge in [0.25, 0.3) is 0 Å². The first-order valence-electron chi connectivity index (χ1n) is 5.73. The molecule has 0 saturated heterocycles. The quantitative estimate of drug-likeness (QED) is 0.814. The standard InChI is InChI=1S/C14H14FN3O/c1-18(13-9-5-3-7-11(13)16)14(19)17-12-8-4-2-6-10(12)15/h2-9H,16H2,1H3,(H,17,19). The van der Waals surface area contributed by atoms with E-state index in [-0.39, 0.29) is 5.69 Å². The van der Waals surface area contributed by atoms with Gasteiger partial charge in [-0.3, -0.25) is 4.90 Å². The summed E-state index contributed by atoms with van der Waals surface area (Å²) in [5, 5.41) is 2.49. The van der Waals surface area contributed by atoms with Crippen LogP contribution < -0.4 is 16.0 Å². The van der Waals surface area contributed by atoms with Crippen molar-refractivity contribution in [2.75, 3.05) is 23.0 Å². The molecule has 0 spiro atoms. The number of nitrogens with one attached hydrogen (secondary N) is 1. The van der Waals surface area contributed by atoms with Crippen LogP contribution in [0.5, 0.6) is 0 Å². The lowest BCUT2D eigenvalue weighted by Gasteiger charge is -2.19. The average Bonchev–Trinajstić information content (AvgIpc) is 2.41. The summed E-state index contributed by atoms with van der Waals surface area (Å²) >= 11 is 0. The van der Waals surface area contributed by atoms with Gasteiger partial charge in [-0.25, -0.2) is 9.18 Å². The molecule has 0 aliphatic carbocycles. The highest BCUT2D eigenvalue weighted by Crippen LogP contribution is 2.22. The summed E-state index contributed by atoms with van der Waals surface area (Å²) < 4.78 is 13.4. The molecule has 0 aliphatic heterocycles. The maximum Gasteiger partial charge on any atom is 0.326 e. The van der Waals surface area contributed by atoms with Crippen LogP contribution in [0.15, 0.2) is 48.5 Å². The SMILES string of the molecule is CN(C(=O)Nc1ccccc1F)c1ccccc1N. The third-order valence-electron chi connectivity index (χ3n) is 2.72. The minimum atomic E-state index is -0.481. The molecule has 0 aliphatic rings. The predicted molar refractivity (Wildman–Crippen MR) is 74.7 cm³/mol. The molecule has 2 aromatic carbocycles. The highest BCUT2D eigenvalue weighted by atomic mass is 19.1. The molecule has 0 heterocycles. The van der Waals surface area contributed by atoms with Crippen molar-refractivity contribution < 1.29 is 9.18 Å². The summed E-state index contributed by atoms with van der Waals surface area (Å²) in [5.74, 6) is -0.481. The molecule has 0 unspecified atom stereocenters. The number of carbonyl (C=O) groups is 1. The number of rotatable bonds is 2. The number of hydrogen-bond acceptors (Lipinski definition) is 2. The van der Waals surface area contributed by atoms with Crippen molar-refractivity contribution >= 4 is 23.1 Å². The Bertz CT molecular complexity index is 601. The van der Waals surface area contributed by atoms with Crippen LogP contribution in [0.1, 0.15) is 0 Å². The van der Waals surface area contributed by atoms with E-state index in [0.29, 0.717) is 11.4 Å². The van der Waals surface area contributed by atoms with Crippen molar-refractivity contribution in [3.05, 3.63) is 54.3 Å². The summed E-state index contributed by atoms with van der Waals surface area (Å²) in [7, 11) is 1.57. The van der Waals surface area contributed by atoms with Crippen LogP contribution in [0.25, 0.3) is 0 Å². The molecule has 0 saturated carbocycles. The zero-order valence-electron chi connectivity index (χ0n) is 10.4. The maximum absolute atomic E-state index is 13.4. The molecule has 2 aromatic rings. The fourth-order valence-corrected chi connectivity index (χ4v) is 1.66. The second-order valence-electron chi connectivity index (χ2n) is 4.03. The van der Waals surface area contributed by atoms with E-state index in [1.54, 1.807) is 43.4 Å². The van der Waals surface area contributed by atoms with Crippen molar-refractivity contribution in [1.82, 2.24) is 0 Å². The molecule has 4 nitrogen and oxygen atoms in total. The molecule has 0 aromatic heterocycles. The van der Waals surface area contributed by atoms with E-state index in [1.807, 2.05) is 0 Å². The molecule has 19 heavy (non-hydrogen) atoms. The molecule has 0 bridgehead atoms. The van der Waals surface area contributed by atoms with Gasteiger partial charge in [0.2, 0.25) is 0 Å². The van der Waals surface area contributed by atoms with Crippen LogP contribution in [-0.4, -0.2) is 13.1 Å². The van der Waals surface area contributed by atoms with Gasteiger partial charge in [-0.1, -0.05) is 24.3 Å². The zero-order chi connectivity index (χ0) is 13.8. The number of carbonyl (C=O) groups excluding carboxylic acids is 1. The molecule has 0 fully saturated rings. The average molecular weight is 259 g/mol. The van der Waals surface area contributed by atoms with Crippen LogP contribution in [0.3, 0.4) is 0 Å². The van der Waals surface area contributed by atoms with Crippen molar-refractivity contribution in [3.8, 4) is 0 Å². The molecule has 98 valence electrons. The largest absolute Gasteiger partial charge is 0.397 e. The van der Waals surface area contributed by atoms with Crippen LogP contribution in [0.4, 0.5) is 26.2 Å². The Morgan fingerprint density at radius 1 is 1.16 bits per heavy atom. The number of nitrogens with zero attached hydrogens (tertiary/aromatic N) is 1. The van der Waals surface area contributed by atoms with Crippen molar-refractivity contribution in [1.29, 1.82) is 0 Å². The van der Waals surface area contributed by atoms with Gasteiger partial charge in [0.1, 0.15) is 5.82 Å². The second kappa shape index (κ2) is 5.39. The van der Waals surface area contributed by atoms with E-state index in [4.69, 9.17) is 5.73 Å². The van der Waals surface area contributed by atoms with Gasteiger partial charge in [-0.2, -0.15) is 0 Å². The smallest absolute Gasteiger partial charge is 0.326 e. The minimum absolute atomic E-state index is 0.133. The lowest BCUT2D eigenvalue weighted by Crippen LogP contribution is -2.32. The van der Waals surface area contributed by atoms with Crippen LogP contribution in [0.2, 0.25) is 0 Å². The number of anilines is 3. The Labute approximate surface area is 110 Å². The number of urea groups is 1. The summed E-state index contributed by atoms with van der Waals surface area (Å²) in [4.78, 5) is 13.3. The first-order chi connectivity index (χ1) is 9.09. The van der Waals surface area contributed by atoms with E-state index >= 15 is 0 Å². The molecule has 3 N–H and O–H groups in total. The fourth-order valence-electron chi connectivity index (χ4n) is 1.66. The number of nitrogens with two attached hydrogens (primary N) is 1. The van der Waals surface area contributed by atoms with Gasteiger partial charge in [-0.05, 0) is 24.3 Å². The molecule has 5 heteroatoms. The minimum Gasteiger partial charge on any atom is -0.397 e. The Balaban J connectivity index is 2.17. The maximum atomic E-state index is 13.4. The molecular formula is C14H14FN3O. The molecular weight excluding hydrogens is 245 g/mol. The fraction of sp³-hybridized carbons (Fsp3) is 0.0714. The van der Waals surface area contributed by atoms with Crippen LogP contribution in [0, 0.1) is 5.82 Å². The highest BCUT2D eigenvalue weighted by molar-refractivity contribution is 6.03. The molecule has 0 atom stereocenters. The third-order valence-corrected chi connectivity index (χ3v) is 2.72. The number of amides is 2. The lowest BCUT2D eigenvalue weighted by atomic mass is 10.2. The predicted octanol–water partition coefficient (Wildman–Crippen LogP) is 3.08. The van der Waals surface area contributed by atoms with Crippen LogP contribution in [-0.2, 0) is 0 Å². The van der Waals surface area contributed by atoms with E-state index in [0.717, 1.165) is 0 Å². The molecule has 2 rings (SSSR count). The summed E-state index contributed by atoms with van der Waals surface area (Å²) in [6.07, 6.45) is 0. The summed E-state index contributed by atoms with van der Waals surface area (Å²) in [5.41, 5.74) is 6.97. The van der Waals surface area contributed by atoms with Gasteiger partial charge < -0.3 is 11.1 Å². The first-order valence-corrected chi connectivity index (χ1v) is 5.73. The second-order valence-corrected chi connectivity index (χ2v) is 4.03. The van der Waals surface area contributed by atoms with Gasteiger partial charge in [-0.15, -0.1) is 0 Å². The topological polar surface area (TPSA) is 58.4 Å². The third kappa shape index (κ3) is 2.82. The van der Waals surface area contributed by atoms with Crippen molar-refractivity contribution in [3.63, 3.8) is 0 Å². The van der Waals surface area contributed by atoms with Crippen molar-refractivity contribution in [2.24, 2.45) is 0 Å². The monoisotopic (exact) mass is 259 g/mol. The number of benzene rings is 2. The van der Waals surface area contributed by atoms with Gasteiger partial charge in [0, 0.05) is 7.05 Å². The van der Waals surface area contributed by atoms with E-state index < -0.39 is 11.8 Å². The zero-order valence-corrected chi connectivity index (χ0v) is 10.4. The van der Waals surface area contributed by atoms with Gasteiger partial charge >= 0.3 is 6.03 Å². The van der Waals surface area contributed by atoms with Gasteiger partial charge in [0.05, 0.1) is 17.1 Å². The Hall–Kier alpha value is -2.56. The number of hydrogen-bond donors (Lipinski definition) is 2. The summed E-state index contributed by atoms with van der Waals surface area (Å²) in [6.45, 7) is 0. The molecule has 0 radical (unpaired) electrons. The highest BCUT2D eigenvalue weighted by Gasteiger charge is 2.14. The van der Waals surface area contributed by atoms with E-state index in [1.165, 1.54) is 17.0 Å². The number of para-hydroxylation sites is 3.